The number of hydrogen-bond donors (Lipinski definition) is 3. The first-order chi connectivity index (χ1) is 18.8. The Hall–Kier alpha value is -3.72. The van der Waals surface area contributed by atoms with Crippen LogP contribution < -0.4 is 5.32 Å². The van der Waals surface area contributed by atoms with Gasteiger partial charge in [-0.25, -0.2) is 4.68 Å². The highest BCUT2D eigenvalue weighted by atomic mass is 35.5. The van der Waals surface area contributed by atoms with E-state index in [9.17, 15) is 19.8 Å². The number of likely N-dealkylation sites (tertiary alicyclic amines) is 1. The zero-order valence-corrected chi connectivity index (χ0v) is 22.3. The smallest absolute Gasteiger partial charge is 0.255 e. The Morgan fingerprint density at radius 1 is 1.05 bits per heavy atom. The number of carbonyl (C=O) groups is 2. The molecule has 2 heterocycles. The van der Waals surface area contributed by atoms with Crippen LogP contribution in [0.25, 0.3) is 5.69 Å². The van der Waals surface area contributed by atoms with Crippen molar-refractivity contribution in [3.63, 3.8) is 0 Å². The summed E-state index contributed by atoms with van der Waals surface area (Å²) in [6.45, 7) is 2.11. The number of aliphatic hydroxyl groups is 2. The second kappa shape index (κ2) is 11.6. The summed E-state index contributed by atoms with van der Waals surface area (Å²) in [6.07, 6.45) is 4.84. The van der Waals surface area contributed by atoms with Crippen molar-refractivity contribution in [1.82, 2.24) is 20.0 Å². The lowest BCUT2D eigenvalue weighted by atomic mass is 9.76. The first-order valence-electron chi connectivity index (χ1n) is 13.0. The fourth-order valence-electron chi connectivity index (χ4n) is 5.41. The zero-order chi connectivity index (χ0) is 27.5. The highest BCUT2D eigenvalue weighted by molar-refractivity contribution is 6.31. The molecule has 3 aromatic rings. The van der Waals surface area contributed by atoms with Crippen LogP contribution in [0.2, 0.25) is 0 Å². The van der Waals surface area contributed by atoms with Crippen LogP contribution in [0.5, 0.6) is 0 Å². The van der Waals surface area contributed by atoms with Gasteiger partial charge in [0.05, 0.1) is 17.8 Å². The molecule has 2 aromatic carbocycles. The molecule has 0 bridgehead atoms. The number of benzene rings is 2. The molecule has 0 saturated carbocycles. The summed E-state index contributed by atoms with van der Waals surface area (Å²) in [5, 5.41) is 29.2. The number of carbonyl (C=O) groups excluding carboxylic acids is 2. The molecule has 39 heavy (non-hydrogen) atoms. The maximum Gasteiger partial charge on any atom is 0.255 e. The summed E-state index contributed by atoms with van der Waals surface area (Å²) < 4.78 is 1.72. The highest BCUT2D eigenvalue weighted by Crippen LogP contribution is 2.44. The lowest BCUT2D eigenvalue weighted by Crippen LogP contribution is -2.54. The summed E-state index contributed by atoms with van der Waals surface area (Å²) in [4.78, 5) is 28.0. The number of amides is 2. The van der Waals surface area contributed by atoms with Gasteiger partial charge in [0.2, 0.25) is 0 Å². The predicted molar refractivity (Wildman–Crippen MR) is 148 cm³/mol. The molecule has 202 valence electrons. The Morgan fingerprint density at radius 3 is 2.49 bits per heavy atom. The molecule has 2 amide bonds. The molecule has 0 radical (unpaired) electrons. The minimum Gasteiger partial charge on any atom is -0.380 e. The van der Waals surface area contributed by atoms with E-state index in [1.54, 1.807) is 22.7 Å². The number of aromatic nitrogens is 2. The average Bonchev–Trinajstić information content (AvgIpc) is 3.51. The van der Waals surface area contributed by atoms with E-state index in [0.717, 1.165) is 22.4 Å². The lowest BCUT2D eigenvalue weighted by Gasteiger charge is -2.45. The molecule has 2 unspecified atom stereocenters. The van der Waals surface area contributed by atoms with E-state index in [1.807, 2.05) is 79.0 Å². The van der Waals surface area contributed by atoms with E-state index in [4.69, 9.17) is 11.6 Å². The third-order valence-corrected chi connectivity index (χ3v) is 7.75. The summed E-state index contributed by atoms with van der Waals surface area (Å²) in [5.41, 5.74) is 3.74. The van der Waals surface area contributed by atoms with Crippen molar-refractivity contribution < 1.29 is 19.8 Å². The van der Waals surface area contributed by atoms with Crippen molar-refractivity contribution >= 4 is 23.4 Å². The number of halogens is 1. The van der Waals surface area contributed by atoms with Crippen molar-refractivity contribution in [3.05, 3.63) is 107 Å². The molecule has 1 aliphatic heterocycles. The standard InChI is InChI=1S/C30H31ClN4O4/c1-19(20-8-11-24(12-9-20)35-16-5-15-32-35)33-29(38)27(36)28(37)30(39)34-17-14-22-18-23(31)10-13-25(22)26(34)21-6-3-2-4-7-21/h2-12,15-16,18-19,25-28,36-37H,13-14,17H2,1H3,(H,33,38)/t19-,25?,26?,27-,28-/m1/s1. The second-order valence-corrected chi connectivity index (χ2v) is 10.4. The van der Waals surface area contributed by atoms with Gasteiger partial charge in [0.15, 0.2) is 12.2 Å². The first-order valence-corrected chi connectivity index (χ1v) is 13.4. The van der Waals surface area contributed by atoms with Gasteiger partial charge >= 0.3 is 0 Å². The van der Waals surface area contributed by atoms with Crippen LogP contribution in [-0.4, -0.2) is 55.5 Å². The number of nitrogens with zero attached hydrogens (tertiary/aromatic N) is 3. The maximum absolute atomic E-state index is 13.5. The van der Waals surface area contributed by atoms with Crippen LogP contribution in [0.15, 0.2) is 95.8 Å². The maximum atomic E-state index is 13.5. The van der Waals surface area contributed by atoms with E-state index in [0.29, 0.717) is 24.4 Å². The molecule has 1 fully saturated rings. The Labute approximate surface area is 232 Å². The molecule has 5 atom stereocenters. The van der Waals surface area contributed by atoms with Gasteiger partial charge in [0.1, 0.15) is 0 Å². The Morgan fingerprint density at radius 2 is 1.79 bits per heavy atom. The molecule has 9 heteroatoms. The number of piperidine rings is 1. The van der Waals surface area contributed by atoms with Gasteiger partial charge in [-0.1, -0.05) is 65.7 Å². The van der Waals surface area contributed by atoms with Crippen LogP contribution in [0, 0.1) is 5.92 Å². The van der Waals surface area contributed by atoms with E-state index in [-0.39, 0.29) is 12.0 Å². The van der Waals surface area contributed by atoms with Crippen LogP contribution >= 0.6 is 11.6 Å². The SMILES string of the molecule is C[C@@H](NC(=O)[C@H](O)[C@@H](O)C(=O)N1CCC2=CC(Cl)=CCC2C1c1ccccc1)c1ccc(-n2cccn2)cc1. The third kappa shape index (κ3) is 5.68. The van der Waals surface area contributed by atoms with Gasteiger partial charge in [-0.2, -0.15) is 5.10 Å². The first kappa shape index (κ1) is 26.9. The topological polar surface area (TPSA) is 108 Å². The molecule has 8 nitrogen and oxygen atoms in total. The Kier molecular flexibility index (Phi) is 7.97. The number of nitrogens with one attached hydrogen (secondary N) is 1. The molecule has 1 aliphatic carbocycles. The van der Waals surface area contributed by atoms with Gasteiger partial charge in [-0.15, -0.1) is 0 Å². The lowest BCUT2D eigenvalue weighted by molar-refractivity contribution is -0.156. The van der Waals surface area contributed by atoms with Crippen LogP contribution in [0.1, 0.15) is 43.0 Å². The van der Waals surface area contributed by atoms with Gasteiger partial charge in [-0.05, 0) is 55.2 Å². The highest BCUT2D eigenvalue weighted by Gasteiger charge is 2.42. The summed E-state index contributed by atoms with van der Waals surface area (Å²) in [7, 11) is 0. The number of allylic oxidation sites excluding steroid dienone is 3. The number of hydrogen-bond acceptors (Lipinski definition) is 5. The predicted octanol–water partition coefficient (Wildman–Crippen LogP) is 3.81. The van der Waals surface area contributed by atoms with E-state index in [1.165, 1.54) is 0 Å². The summed E-state index contributed by atoms with van der Waals surface area (Å²) in [6, 6.07) is 18.1. The third-order valence-electron chi connectivity index (χ3n) is 7.49. The normalized spacial score (nSPS) is 21.2. The monoisotopic (exact) mass is 546 g/mol. The zero-order valence-electron chi connectivity index (χ0n) is 21.5. The second-order valence-electron chi connectivity index (χ2n) is 9.95. The average molecular weight is 547 g/mol. The fraction of sp³-hybridized carbons (Fsp3) is 0.300. The van der Waals surface area contributed by atoms with Crippen molar-refractivity contribution in [2.75, 3.05) is 6.54 Å². The van der Waals surface area contributed by atoms with Gasteiger partial charge in [-0.3, -0.25) is 9.59 Å². The largest absolute Gasteiger partial charge is 0.380 e. The summed E-state index contributed by atoms with van der Waals surface area (Å²) in [5.74, 6) is -1.50. The van der Waals surface area contributed by atoms with E-state index < -0.39 is 30.1 Å². The van der Waals surface area contributed by atoms with E-state index >= 15 is 0 Å². The van der Waals surface area contributed by atoms with E-state index in [2.05, 4.69) is 10.4 Å². The quantitative estimate of drug-likeness (QED) is 0.418. The molecule has 2 aliphatic rings. The number of aliphatic hydroxyl groups excluding tert-OH is 2. The van der Waals surface area contributed by atoms with Gasteiger partial charge in [0, 0.05) is 29.9 Å². The van der Waals surface area contributed by atoms with Crippen LogP contribution in [0.3, 0.4) is 0 Å². The molecular weight excluding hydrogens is 516 g/mol. The minimum atomic E-state index is -1.92. The molecule has 0 spiro atoms. The van der Waals surface area contributed by atoms with Gasteiger partial charge < -0.3 is 20.4 Å². The number of rotatable bonds is 7. The van der Waals surface area contributed by atoms with Crippen molar-refractivity contribution in [1.29, 1.82) is 0 Å². The van der Waals surface area contributed by atoms with Crippen LogP contribution in [0.4, 0.5) is 0 Å². The van der Waals surface area contributed by atoms with Crippen molar-refractivity contribution in [3.8, 4) is 5.69 Å². The number of fused-ring (bicyclic) bond motifs is 1. The van der Waals surface area contributed by atoms with Crippen molar-refractivity contribution in [2.24, 2.45) is 5.92 Å². The molecule has 3 N–H and O–H groups in total. The molecular formula is C30H31ClN4O4. The Bertz CT molecular complexity index is 1370. The molecule has 1 aromatic heterocycles. The fourth-order valence-corrected chi connectivity index (χ4v) is 5.64. The minimum absolute atomic E-state index is 0.00416. The molecule has 1 saturated heterocycles. The Balaban J connectivity index is 1.28. The van der Waals surface area contributed by atoms with Crippen molar-refractivity contribution in [2.45, 2.75) is 44.1 Å². The van der Waals surface area contributed by atoms with Crippen LogP contribution in [-0.2, 0) is 9.59 Å². The summed E-state index contributed by atoms with van der Waals surface area (Å²) >= 11 is 6.26. The molecule has 5 rings (SSSR count). The van der Waals surface area contributed by atoms with Gasteiger partial charge in [0.25, 0.3) is 11.8 Å².